The van der Waals surface area contributed by atoms with Crippen molar-refractivity contribution in [1.29, 1.82) is 0 Å². The van der Waals surface area contributed by atoms with E-state index in [1.165, 1.54) is 12.1 Å². The largest absolute Gasteiger partial charge is 0.394 e. The van der Waals surface area contributed by atoms with Gasteiger partial charge in [-0.3, -0.25) is 0 Å². The molecule has 2 atom stereocenters. The Morgan fingerprint density at radius 2 is 1.96 bits per heavy atom. The third-order valence-electron chi connectivity index (χ3n) is 3.58. The molecule has 2 rings (SSSR count). The number of aliphatic hydroxyl groups excluding tert-OH is 1. The average Bonchev–Trinajstić information content (AvgIpc) is 2.89. The van der Waals surface area contributed by atoms with Crippen molar-refractivity contribution in [3.8, 4) is 5.69 Å². The van der Waals surface area contributed by atoms with Gasteiger partial charge in [-0.05, 0) is 45.0 Å². The van der Waals surface area contributed by atoms with Crippen molar-refractivity contribution in [3.63, 3.8) is 0 Å². The van der Waals surface area contributed by atoms with Gasteiger partial charge in [-0.25, -0.2) is 13.9 Å². The van der Waals surface area contributed by atoms with E-state index >= 15 is 0 Å². The molecule has 6 nitrogen and oxygen atoms in total. The highest BCUT2D eigenvalue weighted by molar-refractivity contribution is 5.74. The van der Waals surface area contributed by atoms with Gasteiger partial charge in [-0.2, -0.15) is 5.10 Å². The fourth-order valence-corrected chi connectivity index (χ4v) is 2.28. The second-order valence-corrected chi connectivity index (χ2v) is 5.50. The molecule has 0 bridgehead atoms. The first-order valence-electron chi connectivity index (χ1n) is 7.40. The molecule has 2 amide bonds. The van der Waals surface area contributed by atoms with E-state index in [0.29, 0.717) is 0 Å². The van der Waals surface area contributed by atoms with Crippen LogP contribution in [0.4, 0.5) is 9.18 Å². The molecule has 3 N–H and O–H groups in total. The summed E-state index contributed by atoms with van der Waals surface area (Å²) in [7, 11) is 0. The second-order valence-electron chi connectivity index (χ2n) is 5.50. The maximum absolute atomic E-state index is 13.0. The van der Waals surface area contributed by atoms with Crippen LogP contribution >= 0.6 is 0 Å². The van der Waals surface area contributed by atoms with Gasteiger partial charge in [0.05, 0.1) is 30.6 Å². The van der Waals surface area contributed by atoms with Crippen molar-refractivity contribution in [2.75, 3.05) is 6.61 Å². The molecule has 0 saturated carbocycles. The molecular weight excluding hydrogens is 299 g/mol. The Morgan fingerprint density at radius 1 is 1.30 bits per heavy atom. The molecular formula is C16H21FN4O2. The number of hydrogen-bond donors (Lipinski definition) is 3. The minimum Gasteiger partial charge on any atom is -0.394 e. The van der Waals surface area contributed by atoms with E-state index in [4.69, 9.17) is 5.11 Å². The lowest BCUT2D eigenvalue weighted by Crippen LogP contribution is -2.43. The minimum atomic E-state index is -0.354. The average molecular weight is 320 g/mol. The van der Waals surface area contributed by atoms with Gasteiger partial charge in [-0.15, -0.1) is 0 Å². The van der Waals surface area contributed by atoms with Gasteiger partial charge >= 0.3 is 6.03 Å². The number of carbonyl (C=O) groups is 1. The minimum absolute atomic E-state index is 0.122. The summed E-state index contributed by atoms with van der Waals surface area (Å²) in [6.07, 6.45) is 1.68. The van der Waals surface area contributed by atoms with Crippen LogP contribution in [0.3, 0.4) is 0 Å². The molecule has 0 aliphatic heterocycles. The molecule has 1 aromatic carbocycles. The van der Waals surface area contributed by atoms with Gasteiger partial charge in [0, 0.05) is 11.3 Å². The number of nitrogens with zero attached hydrogens (tertiary/aromatic N) is 2. The van der Waals surface area contributed by atoms with E-state index in [1.807, 2.05) is 13.8 Å². The van der Waals surface area contributed by atoms with Crippen LogP contribution in [-0.2, 0) is 0 Å². The van der Waals surface area contributed by atoms with Gasteiger partial charge in [0.1, 0.15) is 5.82 Å². The van der Waals surface area contributed by atoms with Crippen molar-refractivity contribution in [3.05, 3.63) is 47.5 Å². The summed E-state index contributed by atoms with van der Waals surface area (Å²) in [4.78, 5) is 11.8. The topological polar surface area (TPSA) is 79.2 Å². The van der Waals surface area contributed by atoms with Crippen molar-refractivity contribution < 1.29 is 14.3 Å². The molecule has 0 aliphatic carbocycles. The molecule has 0 saturated heterocycles. The predicted molar refractivity (Wildman–Crippen MR) is 84.9 cm³/mol. The summed E-state index contributed by atoms with van der Waals surface area (Å²) in [5.41, 5.74) is 2.47. The first-order valence-corrected chi connectivity index (χ1v) is 7.40. The van der Waals surface area contributed by atoms with Gasteiger partial charge in [0.2, 0.25) is 0 Å². The lowest BCUT2D eigenvalue weighted by Gasteiger charge is -2.17. The fourth-order valence-electron chi connectivity index (χ4n) is 2.28. The van der Waals surface area contributed by atoms with Gasteiger partial charge in [-0.1, -0.05) is 0 Å². The van der Waals surface area contributed by atoms with Crippen molar-refractivity contribution in [1.82, 2.24) is 20.4 Å². The number of carbonyl (C=O) groups excluding carboxylic acids is 1. The number of urea groups is 1. The Kier molecular flexibility index (Phi) is 5.33. The third-order valence-corrected chi connectivity index (χ3v) is 3.58. The molecule has 23 heavy (non-hydrogen) atoms. The standard InChI is InChI=1S/C16H21FN4O2/c1-10(9-22)19-16(23)20-11(2)15-8-18-21(12(15)3)14-6-4-13(17)5-7-14/h4-8,10-11,22H,9H2,1-3H3,(H2,19,20,23)/t10-,11?/m0/s1. The van der Waals surface area contributed by atoms with E-state index in [9.17, 15) is 9.18 Å². The Labute approximate surface area is 134 Å². The summed E-state index contributed by atoms with van der Waals surface area (Å²) < 4.78 is 14.7. The van der Waals surface area contributed by atoms with Crippen LogP contribution in [0.5, 0.6) is 0 Å². The lowest BCUT2D eigenvalue weighted by molar-refractivity contribution is 0.218. The maximum atomic E-state index is 13.0. The number of halogens is 1. The van der Waals surface area contributed by atoms with Crippen LogP contribution in [0.25, 0.3) is 5.69 Å². The molecule has 0 fully saturated rings. The third kappa shape index (κ3) is 4.07. The first-order chi connectivity index (χ1) is 10.9. The summed E-state index contributed by atoms with van der Waals surface area (Å²) >= 11 is 0. The summed E-state index contributed by atoms with van der Waals surface area (Å²) in [5.74, 6) is -0.302. The smallest absolute Gasteiger partial charge is 0.315 e. The maximum Gasteiger partial charge on any atom is 0.315 e. The Hall–Kier alpha value is -2.41. The van der Waals surface area contributed by atoms with Gasteiger partial charge in [0.25, 0.3) is 0 Å². The predicted octanol–water partition coefficient (Wildman–Crippen LogP) is 2.06. The number of rotatable bonds is 5. The Morgan fingerprint density at radius 3 is 2.57 bits per heavy atom. The zero-order valence-corrected chi connectivity index (χ0v) is 13.4. The van der Waals surface area contributed by atoms with Crippen molar-refractivity contribution >= 4 is 6.03 Å². The zero-order valence-electron chi connectivity index (χ0n) is 13.4. The van der Waals surface area contributed by atoms with Crippen LogP contribution in [0.1, 0.15) is 31.1 Å². The van der Waals surface area contributed by atoms with E-state index in [0.717, 1.165) is 16.9 Å². The van der Waals surface area contributed by atoms with Crippen LogP contribution in [0.15, 0.2) is 30.5 Å². The summed E-state index contributed by atoms with van der Waals surface area (Å²) in [6.45, 7) is 5.33. The number of aliphatic hydroxyl groups is 1. The molecule has 0 aliphatic rings. The molecule has 1 heterocycles. The number of aromatic nitrogens is 2. The second kappa shape index (κ2) is 7.23. The molecule has 2 aromatic rings. The van der Waals surface area contributed by atoms with Crippen LogP contribution in [0, 0.1) is 12.7 Å². The van der Waals surface area contributed by atoms with Gasteiger partial charge < -0.3 is 15.7 Å². The van der Waals surface area contributed by atoms with E-state index < -0.39 is 0 Å². The van der Waals surface area contributed by atoms with Crippen molar-refractivity contribution in [2.24, 2.45) is 0 Å². The van der Waals surface area contributed by atoms with E-state index in [1.54, 1.807) is 29.9 Å². The molecule has 7 heteroatoms. The van der Waals surface area contributed by atoms with E-state index in [2.05, 4.69) is 15.7 Å². The van der Waals surface area contributed by atoms with Crippen LogP contribution < -0.4 is 10.6 Å². The molecule has 124 valence electrons. The van der Waals surface area contributed by atoms with E-state index in [-0.39, 0.29) is 30.5 Å². The molecule has 1 unspecified atom stereocenters. The lowest BCUT2D eigenvalue weighted by atomic mass is 10.1. The summed E-state index contributed by atoms with van der Waals surface area (Å²) in [5, 5.41) is 18.7. The number of amides is 2. The van der Waals surface area contributed by atoms with Gasteiger partial charge in [0.15, 0.2) is 0 Å². The monoisotopic (exact) mass is 320 g/mol. The molecule has 0 radical (unpaired) electrons. The van der Waals surface area contributed by atoms with Crippen molar-refractivity contribution in [2.45, 2.75) is 32.9 Å². The normalized spacial score (nSPS) is 13.4. The number of nitrogens with one attached hydrogen (secondary N) is 2. The van der Waals surface area contributed by atoms with Crippen LogP contribution in [-0.4, -0.2) is 33.6 Å². The Bertz CT molecular complexity index is 669. The highest BCUT2D eigenvalue weighted by Crippen LogP contribution is 2.20. The SMILES string of the molecule is Cc1c(C(C)NC(=O)N[C@@H](C)CO)cnn1-c1ccc(F)cc1. The molecule has 0 spiro atoms. The zero-order chi connectivity index (χ0) is 17.0. The summed E-state index contributed by atoms with van der Waals surface area (Å²) in [6, 6.07) is 5.12. The first kappa shape index (κ1) is 17.0. The number of hydrogen-bond acceptors (Lipinski definition) is 3. The Balaban J connectivity index is 2.12. The fraction of sp³-hybridized carbons (Fsp3) is 0.375. The highest BCUT2D eigenvalue weighted by atomic mass is 19.1. The van der Waals surface area contributed by atoms with Crippen LogP contribution in [0.2, 0.25) is 0 Å². The quantitative estimate of drug-likeness (QED) is 0.789. The highest BCUT2D eigenvalue weighted by Gasteiger charge is 2.17. The number of benzene rings is 1. The molecule has 1 aromatic heterocycles.